The van der Waals surface area contributed by atoms with E-state index in [2.05, 4.69) is 0 Å². The molecule has 0 radical (unpaired) electrons. The van der Waals surface area contributed by atoms with Crippen LogP contribution in [0.4, 0.5) is 0 Å². The number of nitrogens with zero attached hydrogens (tertiary/aromatic N) is 1. The highest BCUT2D eigenvalue weighted by atomic mass is 16.5. The van der Waals surface area contributed by atoms with Crippen LogP contribution in [0.1, 0.15) is 12.5 Å². The summed E-state index contributed by atoms with van der Waals surface area (Å²) in [5.74, 6) is -0.724. The summed E-state index contributed by atoms with van der Waals surface area (Å²) in [6.45, 7) is 1.29. The van der Waals surface area contributed by atoms with E-state index in [9.17, 15) is 9.59 Å². The van der Waals surface area contributed by atoms with Crippen molar-refractivity contribution in [3.63, 3.8) is 0 Å². The first kappa shape index (κ1) is 13.1. The largest absolute Gasteiger partial charge is 0.364 e. The highest BCUT2D eigenvalue weighted by molar-refractivity contribution is 6.02. The first-order chi connectivity index (χ1) is 8.15. The van der Waals surface area contributed by atoms with Crippen LogP contribution >= 0.6 is 0 Å². The second kappa shape index (κ2) is 6.60. The van der Waals surface area contributed by atoms with Gasteiger partial charge in [0.2, 0.25) is 5.91 Å². The molecular weight excluding hydrogens is 218 g/mol. The van der Waals surface area contributed by atoms with Gasteiger partial charge in [-0.25, -0.2) is 0 Å². The van der Waals surface area contributed by atoms with Crippen molar-refractivity contribution in [1.29, 1.82) is 0 Å². The van der Waals surface area contributed by atoms with Crippen molar-refractivity contribution >= 4 is 17.9 Å². The molecule has 0 saturated carbocycles. The van der Waals surface area contributed by atoms with Crippen LogP contribution in [0.15, 0.2) is 36.4 Å². The third-order valence-electron chi connectivity index (χ3n) is 2.12. The first-order valence-corrected chi connectivity index (χ1v) is 5.19. The summed E-state index contributed by atoms with van der Waals surface area (Å²) in [6.07, 6.45) is 3.02. The van der Waals surface area contributed by atoms with Gasteiger partial charge in [0.05, 0.1) is 0 Å². The normalized spacial score (nSPS) is 10.5. The van der Waals surface area contributed by atoms with Crippen LogP contribution in [-0.2, 0) is 14.3 Å². The minimum absolute atomic E-state index is 0.0344. The summed E-state index contributed by atoms with van der Waals surface area (Å²) in [5.41, 5.74) is 0.904. The zero-order valence-corrected chi connectivity index (χ0v) is 9.92. The maximum Gasteiger partial charge on any atom is 0.255 e. The predicted molar refractivity (Wildman–Crippen MR) is 64.9 cm³/mol. The maximum absolute atomic E-state index is 11.7. The number of benzene rings is 1. The maximum atomic E-state index is 11.7. The molecule has 0 aliphatic carbocycles. The number of carbonyl (C=O) groups excluding carboxylic acids is 2. The van der Waals surface area contributed by atoms with Crippen molar-refractivity contribution in [3.05, 3.63) is 42.0 Å². The summed E-state index contributed by atoms with van der Waals surface area (Å²) in [4.78, 5) is 23.9. The molecule has 90 valence electrons. The lowest BCUT2D eigenvalue weighted by Crippen LogP contribution is -2.35. The Balaban J connectivity index is 2.70. The van der Waals surface area contributed by atoms with Gasteiger partial charge in [0.1, 0.15) is 6.73 Å². The molecule has 1 rings (SSSR count). The Hall–Kier alpha value is -1.94. The molecule has 0 unspecified atom stereocenters. The first-order valence-electron chi connectivity index (χ1n) is 5.19. The zero-order chi connectivity index (χ0) is 12.7. The number of rotatable bonds is 4. The van der Waals surface area contributed by atoms with Crippen LogP contribution in [0.5, 0.6) is 0 Å². The molecule has 17 heavy (non-hydrogen) atoms. The van der Waals surface area contributed by atoms with Crippen molar-refractivity contribution in [2.45, 2.75) is 6.92 Å². The van der Waals surface area contributed by atoms with E-state index in [-0.39, 0.29) is 18.5 Å². The zero-order valence-electron chi connectivity index (χ0n) is 9.92. The van der Waals surface area contributed by atoms with Crippen molar-refractivity contribution in [2.75, 3.05) is 13.8 Å². The molecule has 0 fully saturated rings. The van der Waals surface area contributed by atoms with Gasteiger partial charge in [-0.05, 0) is 11.6 Å². The molecule has 4 heteroatoms. The van der Waals surface area contributed by atoms with Crippen LogP contribution in [0, 0.1) is 0 Å². The Morgan fingerprint density at radius 2 is 1.94 bits per heavy atom. The van der Waals surface area contributed by atoms with E-state index < -0.39 is 0 Å². The van der Waals surface area contributed by atoms with Crippen LogP contribution in [0.3, 0.4) is 0 Å². The highest BCUT2D eigenvalue weighted by Crippen LogP contribution is 2.02. The Morgan fingerprint density at radius 1 is 1.29 bits per heavy atom. The van der Waals surface area contributed by atoms with Crippen LogP contribution in [0.2, 0.25) is 0 Å². The lowest BCUT2D eigenvalue weighted by molar-refractivity contribution is -0.145. The van der Waals surface area contributed by atoms with E-state index in [4.69, 9.17) is 4.74 Å². The third kappa shape index (κ3) is 4.20. The van der Waals surface area contributed by atoms with E-state index in [1.807, 2.05) is 30.3 Å². The topological polar surface area (TPSA) is 46.6 Å². The fraction of sp³-hybridized carbons (Fsp3) is 0.231. The molecule has 0 aromatic heterocycles. The fourth-order valence-corrected chi connectivity index (χ4v) is 1.26. The Morgan fingerprint density at radius 3 is 2.47 bits per heavy atom. The van der Waals surface area contributed by atoms with Gasteiger partial charge in [0.15, 0.2) is 0 Å². The fourth-order valence-electron chi connectivity index (χ4n) is 1.26. The van der Waals surface area contributed by atoms with E-state index in [0.717, 1.165) is 10.5 Å². The Bertz CT molecular complexity index is 412. The summed E-state index contributed by atoms with van der Waals surface area (Å²) in [6, 6.07) is 9.40. The molecule has 1 aromatic rings. The number of ether oxygens (including phenoxy) is 1. The average molecular weight is 233 g/mol. The third-order valence-corrected chi connectivity index (χ3v) is 2.12. The molecule has 0 spiro atoms. The predicted octanol–water partition coefficient (Wildman–Crippen LogP) is 1.68. The summed E-state index contributed by atoms with van der Waals surface area (Å²) in [5, 5.41) is 0. The molecule has 0 saturated heterocycles. The molecule has 0 bridgehead atoms. The highest BCUT2D eigenvalue weighted by Gasteiger charge is 2.14. The summed E-state index contributed by atoms with van der Waals surface area (Å²) < 4.78 is 4.79. The summed E-state index contributed by atoms with van der Waals surface area (Å²) in [7, 11) is 1.43. The monoisotopic (exact) mass is 233 g/mol. The van der Waals surface area contributed by atoms with Gasteiger partial charge in [-0.15, -0.1) is 0 Å². The molecule has 0 aliphatic rings. The second-order valence-electron chi connectivity index (χ2n) is 3.45. The lowest BCUT2D eigenvalue weighted by atomic mass is 10.2. The summed E-state index contributed by atoms with van der Waals surface area (Å²) >= 11 is 0. The average Bonchev–Trinajstić information content (AvgIpc) is 2.34. The van der Waals surface area contributed by atoms with Gasteiger partial charge in [-0.3, -0.25) is 14.5 Å². The van der Waals surface area contributed by atoms with E-state index in [1.54, 1.807) is 6.08 Å². The van der Waals surface area contributed by atoms with Crippen molar-refractivity contribution in [2.24, 2.45) is 0 Å². The van der Waals surface area contributed by atoms with E-state index in [1.165, 1.54) is 20.1 Å². The van der Waals surface area contributed by atoms with E-state index in [0.29, 0.717) is 0 Å². The minimum Gasteiger partial charge on any atom is -0.364 e. The molecular formula is C13H15NO3. The molecule has 4 nitrogen and oxygen atoms in total. The van der Waals surface area contributed by atoms with Gasteiger partial charge >= 0.3 is 0 Å². The quantitative estimate of drug-likeness (QED) is 0.587. The molecule has 2 amide bonds. The smallest absolute Gasteiger partial charge is 0.255 e. The lowest BCUT2D eigenvalue weighted by Gasteiger charge is -2.15. The SMILES string of the molecule is COCN(C(C)=O)C(=O)C=Cc1ccccc1. The Kier molecular flexibility index (Phi) is 5.10. The standard InChI is InChI=1S/C13H15NO3/c1-11(15)14(10-17-2)13(16)9-8-12-6-4-3-5-7-12/h3-9H,10H2,1-2H3. The molecule has 0 heterocycles. The van der Waals surface area contributed by atoms with Crippen LogP contribution in [0.25, 0.3) is 6.08 Å². The number of carbonyl (C=O) groups is 2. The number of amides is 2. The number of methoxy groups -OCH3 is 1. The molecule has 0 atom stereocenters. The van der Waals surface area contributed by atoms with Gasteiger partial charge in [-0.2, -0.15) is 0 Å². The van der Waals surface area contributed by atoms with Crippen LogP contribution in [-0.4, -0.2) is 30.6 Å². The number of hydrogen-bond donors (Lipinski definition) is 0. The second-order valence-corrected chi connectivity index (χ2v) is 3.45. The number of imide groups is 1. The molecule has 0 aliphatic heterocycles. The Labute approximate surface area is 100 Å². The van der Waals surface area contributed by atoms with Crippen molar-refractivity contribution in [3.8, 4) is 0 Å². The van der Waals surface area contributed by atoms with Gasteiger partial charge in [-0.1, -0.05) is 30.3 Å². The van der Waals surface area contributed by atoms with Crippen LogP contribution < -0.4 is 0 Å². The van der Waals surface area contributed by atoms with Gasteiger partial charge < -0.3 is 4.74 Å². The van der Waals surface area contributed by atoms with Gasteiger partial charge in [0, 0.05) is 20.1 Å². The molecule has 1 aromatic carbocycles. The number of hydrogen-bond acceptors (Lipinski definition) is 3. The minimum atomic E-state index is -0.386. The van der Waals surface area contributed by atoms with Crippen molar-refractivity contribution in [1.82, 2.24) is 4.90 Å². The van der Waals surface area contributed by atoms with E-state index >= 15 is 0 Å². The van der Waals surface area contributed by atoms with Crippen molar-refractivity contribution < 1.29 is 14.3 Å². The molecule has 0 N–H and O–H groups in total. The van der Waals surface area contributed by atoms with Gasteiger partial charge in [0.25, 0.3) is 5.91 Å².